The summed E-state index contributed by atoms with van der Waals surface area (Å²) in [4.78, 5) is 10.7. The number of H-pyrrole nitrogens is 1. The number of rotatable bonds is 8. The molecule has 0 aliphatic heterocycles. The van der Waals surface area contributed by atoms with E-state index in [0.29, 0.717) is 12.6 Å². The Morgan fingerprint density at radius 3 is 2.76 bits per heavy atom. The van der Waals surface area contributed by atoms with Gasteiger partial charge >= 0.3 is 0 Å². The molecule has 0 saturated carbocycles. The van der Waals surface area contributed by atoms with Gasteiger partial charge in [0.2, 0.25) is 0 Å². The summed E-state index contributed by atoms with van der Waals surface area (Å²) in [6, 6.07) is 6.35. The Morgan fingerprint density at radius 1 is 1.29 bits per heavy atom. The Bertz CT molecular complexity index is 564. The number of imidazole rings is 1. The molecular weight excluding hydrogens is 262 g/mol. The van der Waals surface area contributed by atoms with Crippen LogP contribution in [0.1, 0.15) is 52.4 Å². The van der Waals surface area contributed by atoms with Gasteiger partial charge in [-0.25, -0.2) is 4.98 Å². The first-order chi connectivity index (χ1) is 10.2. The standard InChI is InChI=1S/C17H27N3O/c1-5-8-11-20(6-2)13(4)17-18-15-10-9-14(21-7-3)12-16(15)19-17/h9-10,12-13H,5-8,11H2,1-4H3,(H,18,19). The third-order valence-corrected chi connectivity index (χ3v) is 3.93. The van der Waals surface area contributed by atoms with E-state index in [1.165, 1.54) is 12.8 Å². The Labute approximate surface area is 127 Å². The summed E-state index contributed by atoms with van der Waals surface area (Å²) in [5, 5.41) is 0. The Kier molecular flexibility index (Phi) is 5.62. The van der Waals surface area contributed by atoms with Gasteiger partial charge in [-0.05, 0) is 45.5 Å². The van der Waals surface area contributed by atoms with Gasteiger partial charge in [-0.1, -0.05) is 20.3 Å². The van der Waals surface area contributed by atoms with Gasteiger partial charge in [0.15, 0.2) is 0 Å². The number of hydrogen-bond donors (Lipinski definition) is 1. The van der Waals surface area contributed by atoms with E-state index >= 15 is 0 Å². The summed E-state index contributed by atoms with van der Waals surface area (Å²) in [5.41, 5.74) is 2.06. The van der Waals surface area contributed by atoms with Crippen LogP contribution in [-0.2, 0) is 0 Å². The molecule has 4 nitrogen and oxygen atoms in total. The first-order valence-corrected chi connectivity index (χ1v) is 8.06. The molecule has 0 saturated heterocycles. The number of benzene rings is 1. The highest BCUT2D eigenvalue weighted by molar-refractivity contribution is 5.76. The molecule has 0 spiro atoms. The fourth-order valence-corrected chi connectivity index (χ4v) is 2.62. The topological polar surface area (TPSA) is 41.2 Å². The van der Waals surface area contributed by atoms with Crippen LogP contribution in [0.25, 0.3) is 11.0 Å². The van der Waals surface area contributed by atoms with Crippen LogP contribution in [0.4, 0.5) is 0 Å². The van der Waals surface area contributed by atoms with Crippen LogP contribution in [0.15, 0.2) is 18.2 Å². The number of nitrogens with zero attached hydrogens (tertiary/aromatic N) is 2. The maximum atomic E-state index is 5.55. The quantitative estimate of drug-likeness (QED) is 0.794. The van der Waals surface area contributed by atoms with Gasteiger partial charge in [-0.15, -0.1) is 0 Å². The van der Waals surface area contributed by atoms with E-state index in [0.717, 1.165) is 35.7 Å². The fraction of sp³-hybridized carbons (Fsp3) is 0.588. The largest absolute Gasteiger partial charge is 0.494 e. The number of fused-ring (bicyclic) bond motifs is 1. The lowest BCUT2D eigenvalue weighted by atomic mass is 10.2. The van der Waals surface area contributed by atoms with Crippen molar-refractivity contribution in [1.29, 1.82) is 0 Å². The van der Waals surface area contributed by atoms with Gasteiger partial charge in [0, 0.05) is 6.07 Å². The van der Waals surface area contributed by atoms with Crippen molar-refractivity contribution in [3.05, 3.63) is 24.0 Å². The van der Waals surface area contributed by atoms with E-state index in [9.17, 15) is 0 Å². The summed E-state index contributed by atoms with van der Waals surface area (Å²) in [7, 11) is 0. The molecule has 0 amide bonds. The molecule has 1 N–H and O–H groups in total. The summed E-state index contributed by atoms with van der Waals surface area (Å²) >= 11 is 0. The van der Waals surface area contributed by atoms with Gasteiger partial charge in [0.25, 0.3) is 0 Å². The van der Waals surface area contributed by atoms with E-state index in [1.807, 2.05) is 25.1 Å². The molecular formula is C17H27N3O. The van der Waals surface area contributed by atoms with Crippen LogP contribution in [0.2, 0.25) is 0 Å². The third kappa shape index (κ3) is 3.76. The van der Waals surface area contributed by atoms with Crippen molar-refractivity contribution in [3.8, 4) is 5.75 Å². The van der Waals surface area contributed by atoms with E-state index < -0.39 is 0 Å². The van der Waals surface area contributed by atoms with Crippen molar-refractivity contribution in [3.63, 3.8) is 0 Å². The maximum absolute atomic E-state index is 5.55. The van der Waals surface area contributed by atoms with E-state index in [4.69, 9.17) is 9.72 Å². The van der Waals surface area contributed by atoms with Crippen molar-refractivity contribution in [2.24, 2.45) is 0 Å². The van der Waals surface area contributed by atoms with Crippen molar-refractivity contribution < 1.29 is 4.74 Å². The highest BCUT2D eigenvalue weighted by atomic mass is 16.5. The minimum atomic E-state index is 0.310. The summed E-state index contributed by atoms with van der Waals surface area (Å²) in [6.07, 6.45) is 2.45. The molecule has 1 aromatic heterocycles. The molecule has 1 aromatic carbocycles. The fourth-order valence-electron chi connectivity index (χ4n) is 2.62. The molecule has 0 aliphatic rings. The van der Waals surface area contributed by atoms with Crippen LogP contribution in [0.3, 0.4) is 0 Å². The van der Waals surface area contributed by atoms with E-state index in [1.54, 1.807) is 0 Å². The normalized spacial score (nSPS) is 13.0. The van der Waals surface area contributed by atoms with Gasteiger partial charge in [0.05, 0.1) is 23.7 Å². The number of ether oxygens (including phenoxy) is 1. The molecule has 0 radical (unpaired) electrons. The summed E-state index contributed by atoms with van der Waals surface area (Å²) in [6.45, 7) is 11.5. The van der Waals surface area contributed by atoms with E-state index in [2.05, 4.69) is 30.7 Å². The van der Waals surface area contributed by atoms with Gasteiger partial charge < -0.3 is 9.72 Å². The second-order valence-corrected chi connectivity index (χ2v) is 5.39. The third-order valence-electron chi connectivity index (χ3n) is 3.93. The van der Waals surface area contributed by atoms with Crippen LogP contribution in [0, 0.1) is 0 Å². The zero-order chi connectivity index (χ0) is 15.2. The smallest absolute Gasteiger partial charge is 0.124 e. The molecule has 0 aliphatic carbocycles. The van der Waals surface area contributed by atoms with Crippen molar-refractivity contribution in [2.45, 2.75) is 46.6 Å². The minimum Gasteiger partial charge on any atom is -0.494 e. The van der Waals surface area contributed by atoms with Gasteiger partial charge in [-0.2, -0.15) is 0 Å². The van der Waals surface area contributed by atoms with Crippen LogP contribution >= 0.6 is 0 Å². The molecule has 21 heavy (non-hydrogen) atoms. The number of unbranched alkanes of at least 4 members (excludes halogenated alkanes) is 1. The molecule has 1 unspecified atom stereocenters. The lowest BCUT2D eigenvalue weighted by Crippen LogP contribution is -2.28. The Balaban J connectivity index is 2.20. The minimum absolute atomic E-state index is 0.310. The van der Waals surface area contributed by atoms with Crippen LogP contribution in [-0.4, -0.2) is 34.6 Å². The molecule has 1 atom stereocenters. The number of aromatic amines is 1. The van der Waals surface area contributed by atoms with Crippen LogP contribution in [0.5, 0.6) is 5.75 Å². The molecule has 0 bridgehead atoms. The predicted molar refractivity (Wildman–Crippen MR) is 87.8 cm³/mol. The lowest BCUT2D eigenvalue weighted by Gasteiger charge is -2.26. The second kappa shape index (κ2) is 7.46. The van der Waals surface area contributed by atoms with Gasteiger partial charge in [0.1, 0.15) is 11.6 Å². The average Bonchev–Trinajstić information content (AvgIpc) is 2.91. The second-order valence-electron chi connectivity index (χ2n) is 5.39. The molecule has 0 fully saturated rings. The highest BCUT2D eigenvalue weighted by Crippen LogP contribution is 2.24. The SMILES string of the molecule is CCCCN(CC)C(C)c1nc2ccc(OCC)cc2[nH]1. The highest BCUT2D eigenvalue weighted by Gasteiger charge is 2.17. The van der Waals surface area contributed by atoms with Crippen molar-refractivity contribution >= 4 is 11.0 Å². The van der Waals surface area contributed by atoms with Crippen LogP contribution < -0.4 is 4.74 Å². The number of aromatic nitrogens is 2. The Morgan fingerprint density at radius 2 is 2.10 bits per heavy atom. The first kappa shape index (κ1) is 15.8. The van der Waals surface area contributed by atoms with Crippen molar-refractivity contribution in [2.75, 3.05) is 19.7 Å². The monoisotopic (exact) mass is 289 g/mol. The molecule has 116 valence electrons. The number of hydrogen-bond acceptors (Lipinski definition) is 3. The predicted octanol–water partition coefficient (Wildman–Crippen LogP) is 4.14. The maximum Gasteiger partial charge on any atom is 0.124 e. The summed E-state index contributed by atoms with van der Waals surface area (Å²) in [5.74, 6) is 1.93. The van der Waals surface area contributed by atoms with E-state index in [-0.39, 0.29) is 0 Å². The lowest BCUT2D eigenvalue weighted by molar-refractivity contribution is 0.212. The number of nitrogens with one attached hydrogen (secondary N) is 1. The molecule has 4 heteroatoms. The zero-order valence-electron chi connectivity index (χ0n) is 13.6. The zero-order valence-corrected chi connectivity index (χ0v) is 13.6. The van der Waals surface area contributed by atoms with Gasteiger partial charge in [-0.3, -0.25) is 4.90 Å². The van der Waals surface area contributed by atoms with Crippen molar-refractivity contribution in [1.82, 2.24) is 14.9 Å². The molecule has 1 heterocycles. The molecule has 2 aromatic rings. The first-order valence-electron chi connectivity index (χ1n) is 8.06. The molecule has 2 rings (SSSR count). The summed E-state index contributed by atoms with van der Waals surface area (Å²) < 4.78 is 5.55. The Hall–Kier alpha value is -1.55. The average molecular weight is 289 g/mol.